The van der Waals surface area contributed by atoms with Crippen LogP contribution in [0.1, 0.15) is 29.6 Å². The number of carbonyl (C=O) groups is 1. The molecule has 8 heteroatoms. The van der Waals surface area contributed by atoms with E-state index in [-0.39, 0.29) is 21.9 Å². The highest BCUT2D eigenvalue weighted by molar-refractivity contribution is 7.91. The first-order valence-electron chi connectivity index (χ1n) is 5.79. The van der Waals surface area contributed by atoms with Gasteiger partial charge in [-0.1, -0.05) is 0 Å². The quantitative estimate of drug-likeness (QED) is 0.855. The molecular formula is C11H15NO5S2. The molecule has 0 aliphatic heterocycles. The molecule has 2 unspecified atom stereocenters. The molecule has 1 aromatic heterocycles. The minimum Gasteiger partial charge on any atom is -0.478 e. The van der Waals surface area contributed by atoms with Crippen LogP contribution in [0, 0.1) is 0 Å². The number of aromatic carboxylic acids is 1. The highest BCUT2D eigenvalue weighted by Crippen LogP contribution is 2.25. The first-order chi connectivity index (χ1) is 8.92. The van der Waals surface area contributed by atoms with Gasteiger partial charge in [0.05, 0.1) is 11.7 Å². The fourth-order valence-corrected chi connectivity index (χ4v) is 4.56. The van der Waals surface area contributed by atoms with Crippen LogP contribution in [-0.2, 0) is 14.8 Å². The van der Waals surface area contributed by atoms with E-state index in [1.165, 1.54) is 11.4 Å². The Morgan fingerprint density at radius 2 is 2.26 bits per heavy atom. The number of thiophene rings is 1. The molecule has 0 saturated heterocycles. The van der Waals surface area contributed by atoms with Crippen molar-refractivity contribution in [2.45, 2.75) is 35.6 Å². The normalized spacial score (nSPS) is 23.6. The second kappa shape index (κ2) is 5.58. The van der Waals surface area contributed by atoms with Gasteiger partial charge in [-0.2, -0.15) is 0 Å². The number of hydrogen-bond donors (Lipinski definition) is 2. The lowest BCUT2D eigenvalue weighted by molar-refractivity contribution is 0.0697. The van der Waals surface area contributed by atoms with Crippen molar-refractivity contribution in [2.75, 3.05) is 7.11 Å². The fourth-order valence-electron chi connectivity index (χ4n) is 2.11. The Balaban J connectivity index is 2.08. The second-order valence-electron chi connectivity index (χ2n) is 4.45. The summed E-state index contributed by atoms with van der Waals surface area (Å²) in [6.45, 7) is 0. The number of carboxylic acid groups (broad SMARTS) is 1. The average Bonchev–Trinajstić information content (AvgIpc) is 2.95. The van der Waals surface area contributed by atoms with Crippen molar-refractivity contribution in [1.82, 2.24) is 4.72 Å². The zero-order valence-electron chi connectivity index (χ0n) is 10.3. The number of sulfonamides is 1. The molecule has 2 rings (SSSR count). The van der Waals surface area contributed by atoms with Crippen LogP contribution in [0.4, 0.5) is 0 Å². The molecule has 1 fully saturated rings. The Labute approximate surface area is 115 Å². The predicted molar refractivity (Wildman–Crippen MR) is 70.0 cm³/mol. The monoisotopic (exact) mass is 305 g/mol. The number of rotatable bonds is 5. The molecule has 6 nitrogen and oxygen atoms in total. The molecule has 1 aliphatic rings. The topological polar surface area (TPSA) is 92.7 Å². The third-order valence-electron chi connectivity index (χ3n) is 3.13. The van der Waals surface area contributed by atoms with E-state index in [2.05, 4.69) is 4.72 Å². The first-order valence-corrected chi connectivity index (χ1v) is 8.15. The molecule has 0 bridgehead atoms. The molecule has 2 atom stereocenters. The smallest absolute Gasteiger partial charge is 0.336 e. The van der Waals surface area contributed by atoms with Crippen LogP contribution in [0.2, 0.25) is 0 Å². The van der Waals surface area contributed by atoms with Gasteiger partial charge in [0.2, 0.25) is 10.0 Å². The van der Waals surface area contributed by atoms with Gasteiger partial charge >= 0.3 is 5.97 Å². The highest BCUT2D eigenvalue weighted by Gasteiger charge is 2.29. The summed E-state index contributed by atoms with van der Waals surface area (Å²) >= 11 is 0.912. The van der Waals surface area contributed by atoms with Crippen LogP contribution >= 0.6 is 11.3 Å². The van der Waals surface area contributed by atoms with E-state index in [0.717, 1.165) is 24.2 Å². The largest absolute Gasteiger partial charge is 0.478 e. The summed E-state index contributed by atoms with van der Waals surface area (Å²) < 4.78 is 32.0. The summed E-state index contributed by atoms with van der Waals surface area (Å²) in [7, 11) is -2.03. The summed E-state index contributed by atoms with van der Waals surface area (Å²) in [6, 6.07) is 1.03. The Hall–Kier alpha value is -0.960. The van der Waals surface area contributed by atoms with E-state index < -0.39 is 16.0 Å². The zero-order valence-corrected chi connectivity index (χ0v) is 12.0. The van der Waals surface area contributed by atoms with Crippen LogP contribution in [0.15, 0.2) is 15.7 Å². The number of ether oxygens (including phenoxy) is 1. The number of nitrogens with one attached hydrogen (secondary N) is 1. The summed E-state index contributed by atoms with van der Waals surface area (Å²) in [5.74, 6) is -1.13. The lowest BCUT2D eigenvalue weighted by Gasteiger charge is -2.12. The third kappa shape index (κ3) is 3.33. The van der Waals surface area contributed by atoms with Gasteiger partial charge < -0.3 is 9.84 Å². The summed E-state index contributed by atoms with van der Waals surface area (Å²) in [5.41, 5.74) is -0.00781. The first kappa shape index (κ1) is 14.4. The predicted octanol–water partition coefficient (Wildman–Crippen LogP) is 1.29. The average molecular weight is 305 g/mol. The SMILES string of the molecule is COC1CCC(NS(=O)(=O)c2cc(C(=O)O)cs2)C1. The van der Waals surface area contributed by atoms with Crippen LogP contribution in [0.3, 0.4) is 0 Å². The van der Waals surface area contributed by atoms with Crippen molar-refractivity contribution in [3.63, 3.8) is 0 Å². The minimum absolute atomic E-state index is 0.00781. The van der Waals surface area contributed by atoms with Gasteiger partial charge in [-0.05, 0) is 25.3 Å². The van der Waals surface area contributed by atoms with Crippen LogP contribution in [0.5, 0.6) is 0 Å². The van der Waals surface area contributed by atoms with Gasteiger partial charge in [-0.3, -0.25) is 0 Å². The van der Waals surface area contributed by atoms with E-state index in [4.69, 9.17) is 9.84 Å². The molecule has 19 heavy (non-hydrogen) atoms. The minimum atomic E-state index is -3.64. The molecule has 2 N–H and O–H groups in total. The van der Waals surface area contributed by atoms with Gasteiger partial charge in [0, 0.05) is 18.5 Å². The summed E-state index contributed by atoms with van der Waals surface area (Å²) in [4.78, 5) is 10.7. The summed E-state index contributed by atoms with van der Waals surface area (Å²) in [6.07, 6.45) is 2.29. The molecule has 0 radical (unpaired) electrons. The molecule has 1 heterocycles. The number of hydrogen-bond acceptors (Lipinski definition) is 5. The highest BCUT2D eigenvalue weighted by atomic mass is 32.2. The molecule has 0 spiro atoms. The third-order valence-corrected chi connectivity index (χ3v) is 6.09. The van der Waals surface area contributed by atoms with Crippen LogP contribution < -0.4 is 4.72 Å². The van der Waals surface area contributed by atoms with Crippen molar-refractivity contribution in [1.29, 1.82) is 0 Å². The molecule has 0 aromatic carbocycles. The summed E-state index contributed by atoms with van der Waals surface area (Å²) in [5, 5.41) is 10.1. The van der Waals surface area contributed by atoms with Crippen molar-refractivity contribution in [3.05, 3.63) is 17.0 Å². The maximum Gasteiger partial charge on any atom is 0.336 e. The fraction of sp³-hybridized carbons (Fsp3) is 0.545. The van der Waals surface area contributed by atoms with Crippen molar-refractivity contribution in [3.8, 4) is 0 Å². The maximum atomic E-state index is 12.1. The second-order valence-corrected chi connectivity index (χ2v) is 7.30. The van der Waals surface area contributed by atoms with Gasteiger partial charge in [0.1, 0.15) is 4.21 Å². The van der Waals surface area contributed by atoms with Gasteiger partial charge in [-0.25, -0.2) is 17.9 Å². The molecular weight excluding hydrogens is 290 g/mol. The van der Waals surface area contributed by atoms with Crippen LogP contribution in [-0.4, -0.2) is 38.7 Å². The lowest BCUT2D eigenvalue weighted by Crippen LogP contribution is -2.33. The van der Waals surface area contributed by atoms with Crippen molar-refractivity contribution < 1.29 is 23.1 Å². The maximum absolute atomic E-state index is 12.1. The standard InChI is InChI=1S/C11H15NO5S2/c1-17-9-3-2-8(5-9)12-19(15,16)10-4-7(6-18-10)11(13)14/h4,6,8-9,12H,2-3,5H2,1H3,(H,13,14). The van der Waals surface area contributed by atoms with Crippen molar-refractivity contribution in [2.24, 2.45) is 0 Å². The van der Waals surface area contributed by atoms with Gasteiger partial charge in [-0.15, -0.1) is 11.3 Å². The zero-order chi connectivity index (χ0) is 14.0. The Morgan fingerprint density at radius 3 is 2.79 bits per heavy atom. The van der Waals surface area contributed by atoms with Crippen LogP contribution in [0.25, 0.3) is 0 Å². The van der Waals surface area contributed by atoms with E-state index in [9.17, 15) is 13.2 Å². The molecule has 106 valence electrons. The number of methoxy groups -OCH3 is 1. The molecule has 1 aromatic rings. The lowest BCUT2D eigenvalue weighted by atomic mass is 10.3. The van der Waals surface area contributed by atoms with Crippen molar-refractivity contribution >= 4 is 27.3 Å². The van der Waals surface area contributed by atoms with E-state index in [1.54, 1.807) is 7.11 Å². The van der Waals surface area contributed by atoms with E-state index in [0.29, 0.717) is 6.42 Å². The molecule has 1 aliphatic carbocycles. The molecule has 0 amide bonds. The molecule has 1 saturated carbocycles. The van der Waals surface area contributed by atoms with E-state index in [1.807, 2.05) is 0 Å². The Bertz CT molecular complexity index is 565. The Kier molecular flexibility index (Phi) is 4.24. The van der Waals surface area contributed by atoms with Gasteiger partial charge in [0.15, 0.2) is 0 Å². The van der Waals surface area contributed by atoms with Gasteiger partial charge in [0.25, 0.3) is 0 Å². The van der Waals surface area contributed by atoms with E-state index >= 15 is 0 Å². The number of carboxylic acids is 1. The Morgan fingerprint density at radius 1 is 1.53 bits per heavy atom.